The van der Waals surface area contributed by atoms with Gasteiger partial charge < -0.3 is 9.64 Å². The Morgan fingerprint density at radius 1 is 1.10 bits per heavy atom. The summed E-state index contributed by atoms with van der Waals surface area (Å²) in [6.45, 7) is 8.24. The summed E-state index contributed by atoms with van der Waals surface area (Å²) in [4.78, 5) is 29.1. The summed E-state index contributed by atoms with van der Waals surface area (Å²) < 4.78 is 8.02. The van der Waals surface area contributed by atoms with Crippen LogP contribution in [0.5, 0.6) is 0 Å². The van der Waals surface area contributed by atoms with Crippen molar-refractivity contribution in [1.82, 2.24) is 30.1 Å². The first-order valence-electron chi connectivity index (χ1n) is 13.5. The maximum Gasteiger partial charge on any atom is 0.345 e. The van der Waals surface area contributed by atoms with E-state index in [9.17, 15) is 9.59 Å². The standard InChI is InChI=1S/C28H34N7O3S/c1-28(2,3)38-27(37)24-22(26(36)32-15-17-39-19-32)18-35(16-7-10-23(24)35)33-13-11-20(12-14-33)25-29-30-31-34(25)21-8-5-4-6-9-21/h4-10,16,20H,11-15,17-19H2,1-3H3/q+1/t35-/m1/s1. The zero-order valence-corrected chi connectivity index (χ0v) is 23.4. The van der Waals surface area contributed by atoms with Crippen LogP contribution in [0.4, 0.5) is 0 Å². The molecule has 1 aromatic heterocycles. The molecule has 10 nitrogen and oxygen atoms in total. The molecule has 0 N–H and O–H groups in total. The minimum absolute atomic E-state index is 0.0565. The van der Waals surface area contributed by atoms with Gasteiger partial charge in [0, 0.05) is 37.4 Å². The summed E-state index contributed by atoms with van der Waals surface area (Å²) in [7, 11) is 0. The number of nitrogens with zero attached hydrogens (tertiary/aromatic N) is 7. The Bertz CT molecular complexity index is 1360. The van der Waals surface area contributed by atoms with E-state index in [0.717, 1.165) is 48.9 Å². The van der Waals surface area contributed by atoms with Gasteiger partial charge in [0.15, 0.2) is 11.5 Å². The fourth-order valence-corrected chi connectivity index (χ4v) is 6.85. The lowest BCUT2D eigenvalue weighted by atomic mass is 9.96. The lowest BCUT2D eigenvalue weighted by molar-refractivity contribution is -0.949. The van der Waals surface area contributed by atoms with Crippen molar-refractivity contribution in [3.63, 3.8) is 0 Å². The first-order valence-corrected chi connectivity index (χ1v) is 14.6. The van der Waals surface area contributed by atoms with Gasteiger partial charge >= 0.3 is 5.97 Å². The van der Waals surface area contributed by atoms with Gasteiger partial charge in [-0.05, 0) is 62.2 Å². The second-order valence-electron chi connectivity index (χ2n) is 11.4. The third kappa shape index (κ3) is 4.72. The number of thioether (sulfide) groups is 1. The van der Waals surface area contributed by atoms with Crippen molar-refractivity contribution >= 4 is 23.6 Å². The average molecular weight is 549 g/mol. The van der Waals surface area contributed by atoms with Gasteiger partial charge in [-0.1, -0.05) is 18.2 Å². The van der Waals surface area contributed by atoms with Crippen molar-refractivity contribution in [2.75, 3.05) is 37.8 Å². The molecule has 1 atom stereocenters. The van der Waals surface area contributed by atoms with E-state index < -0.39 is 11.6 Å². The number of fused-ring (bicyclic) bond motifs is 1. The topological polar surface area (TPSA) is 93.5 Å². The van der Waals surface area contributed by atoms with Crippen LogP contribution in [-0.4, -0.2) is 90.0 Å². The van der Waals surface area contributed by atoms with Crippen molar-refractivity contribution in [3.05, 3.63) is 71.4 Å². The normalized spacial score (nSPS) is 23.9. The fraction of sp³-hybridized carbons (Fsp3) is 0.464. The number of piperidine rings is 1. The molecule has 0 spiro atoms. The zero-order chi connectivity index (χ0) is 27.2. The largest absolute Gasteiger partial charge is 0.456 e. The first-order chi connectivity index (χ1) is 18.8. The number of hydrogen-bond donors (Lipinski definition) is 0. The molecule has 0 bridgehead atoms. The number of quaternary nitrogens is 1. The van der Waals surface area contributed by atoms with E-state index in [1.165, 1.54) is 0 Å². The fourth-order valence-electron chi connectivity index (χ4n) is 5.90. The lowest BCUT2D eigenvalue weighted by Crippen LogP contribution is -2.56. The van der Waals surface area contributed by atoms with E-state index >= 15 is 0 Å². The Kier molecular flexibility index (Phi) is 6.68. The van der Waals surface area contributed by atoms with Gasteiger partial charge in [0.2, 0.25) is 0 Å². The van der Waals surface area contributed by atoms with Crippen LogP contribution in [0.15, 0.2) is 65.5 Å². The van der Waals surface area contributed by atoms with Crippen LogP contribution < -0.4 is 0 Å². The highest BCUT2D eigenvalue weighted by Crippen LogP contribution is 2.45. The summed E-state index contributed by atoms with van der Waals surface area (Å²) in [6, 6.07) is 9.95. The monoisotopic (exact) mass is 548 g/mol. The molecule has 39 heavy (non-hydrogen) atoms. The predicted molar refractivity (Wildman–Crippen MR) is 147 cm³/mol. The third-order valence-corrected chi connectivity index (χ3v) is 8.66. The highest BCUT2D eigenvalue weighted by Gasteiger charge is 2.55. The molecule has 2 fully saturated rings. The Balaban J connectivity index is 1.26. The molecular weight excluding hydrogens is 514 g/mol. The van der Waals surface area contributed by atoms with Gasteiger partial charge in [-0.3, -0.25) is 4.79 Å². The van der Waals surface area contributed by atoms with E-state index in [0.29, 0.717) is 34.7 Å². The molecule has 0 saturated carbocycles. The molecule has 204 valence electrons. The Morgan fingerprint density at radius 3 is 2.56 bits per heavy atom. The van der Waals surface area contributed by atoms with Gasteiger partial charge in [-0.25, -0.2) is 4.79 Å². The molecule has 0 aliphatic carbocycles. The number of ether oxygens (including phenoxy) is 1. The minimum atomic E-state index is -0.659. The molecule has 6 rings (SSSR count). The summed E-state index contributed by atoms with van der Waals surface area (Å²) in [6.07, 6.45) is 7.80. The second-order valence-corrected chi connectivity index (χ2v) is 12.4. The molecule has 1 amide bonds. The molecule has 0 unspecified atom stereocenters. The van der Waals surface area contributed by atoms with Crippen molar-refractivity contribution in [1.29, 1.82) is 0 Å². The van der Waals surface area contributed by atoms with E-state index in [4.69, 9.17) is 4.74 Å². The molecule has 4 aliphatic heterocycles. The van der Waals surface area contributed by atoms with Gasteiger partial charge in [-0.2, -0.15) is 9.27 Å². The molecule has 0 radical (unpaired) electrons. The lowest BCUT2D eigenvalue weighted by Gasteiger charge is -2.42. The van der Waals surface area contributed by atoms with Crippen molar-refractivity contribution in [3.8, 4) is 5.69 Å². The van der Waals surface area contributed by atoms with E-state index in [2.05, 4.69) is 26.7 Å². The van der Waals surface area contributed by atoms with E-state index in [-0.39, 0.29) is 11.8 Å². The van der Waals surface area contributed by atoms with Crippen LogP contribution in [0.1, 0.15) is 45.4 Å². The Hall–Kier alpha value is -3.28. The Labute approximate surface area is 232 Å². The SMILES string of the molecule is CC(C)(C)OC(=O)C1=C(C(=O)N2CCSC2)C[N@+]2(N3CCC(c4nnnn4-c4ccccc4)CC3)C=CC=C12. The van der Waals surface area contributed by atoms with Gasteiger partial charge in [0.25, 0.3) is 5.91 Å². The van der Waals surface area contributed by atoms with Crippen LogP contribution in [0.25, 0.3) is 5.69 Å². The third-order valence-electron chi connectivity index (χ3n) is 7.70. The number of carbonyl (C=O) groups excluding carboxylic acids is 2. The molecule has 2 aromatic rings. The maximum atomic E-state index is 13.7. The predicted octanol–water partition coefficient (Wildman–Crippen LogP) is 3.17. The number of aromatic nitrogens is 4. The summed E-state index contributed by atoms with van der Waals surface area (Å²) in [5.74, 6) is 2.16. The van der Waals surface area contributed by atoms with Crippen LogP contribution in [0, 0.1) is 0 Å². The van der Waals surface area contributed by atoms with Crippen molar-refractivity contribution in [2.45, 2.75) is 45.1 Å². The number of esters is 1. The Morgan fingerprint density at radius 2 is 1.87 bits per heavy atom. The number of allylic oxidation sites excluding steroid dienone is 2. The van der Waals surface area contributed by atoms with Gasteiger partial charge in [0.1, 0.15) is 23.9 Å². The number of rotatable bonds is 5. The summed E-state index contributed by atoms with van der Waals surface area (Å²) in [5, 5.41) is 15.0. The molecule has 1 aromatic carbocycles. The van der Waals surface area contributed by atoms with Crippen LogP contribution in [0.3, 0.4) is 0 Å². The first kappa shape index (κ1) is 26.0. The summed E-state index contributed by atoms with van der Waals surface area (Å²) >= 11 is 1.74. The second kappa shape index (κ2) is 10.0. The van der Waals surface area contributed by atoms with Gasteiger partial charge in [0.05, 0.1) is 17.1 Å². The average Bonchev–Trinajstić information content (AvgIpc) is 3.71. The molecule has 5 heterocycles. The van der Waals surface area contributed by atoms with Crippen molar-refractivity contribution in [2.24, 2.45) is 0 Å². The number of para-hydroxylation sites is 1. The molecule has 2 saturated heterocycles. The minimum Gasteiger partial charge on any atom is -0.456 e. The quantitative estimate of drug-likeness (QED) is 0.416. The van der Waals surface area contributed by atoms with Gasteiger partial charge in [-0.15, -0.1) is 21.9 Å². The summed E-state index contributed by atoms with van der Waals surface area (Å²) in [5.41, 5.74) is 2.09. The van der Waals surface area contributed by atoms with E-state index in [1.807, 2.05) is 72.8 Å². The smallest absolute Gasteiger partial charge is 0.345 e. The molecule has 11 heteroatoms. The van der Waals surface area contributed by atoms with Crippen LogP contribution in [0.2, 0.25) is 0 Å². The number of benzene rings is 1. The molecule has 4 aliphatic rings. The number of amides is 1. The highest BCUT2D eigenvalue weighted by atomic mass is 32.2. The van der Waals surface area contributed by atoms with Crippen molar-refractivity contribution < 1.29 is 18.9 Å². The molecular formula is C28H34N7O3S+. The van der Waals surface area contributed by atoms with Crippen LogP contribution in [-0.2, 0) is 14.3 Å². The highest BCUT2D eigenvalue weighted by molar-refractivity contribution is 7.99. The number of carbonyl (C=O) groups is 2. The number of hydrogen-bond acceptors (Lipinski definition) is 8. The van der Waals surface area contributed by atoms with Crippen LogP contribution >= 0.6 is 11.8 Å². The maximum absolute atomic E-state index is 13.7. The number of tetrazole rings is 1. The van der Waals surface area contributed by atoms with E-state index in [1.54, 1.807) is 11.8 Å². The zero-order valence-electron chi connectivity index (χ0n) is 22.6.